The van der Waals surface area contributed by atoms with Crippen molar-refractivity contribution in [1.82, 2.24) is 19.5 Å². The lowest BCUT2D eigenvalue weighted by Crippen LogP contribution is -2.24. The van der Waals surface area contributed by atoms with Gasteiger partial charge in [-0.15, -0.1) is 0 Å². The van der Waals surface area contributed by atoms with Crippen molar-refractivity contribution in [2.75, 3.05) is 13.2 Å². The van der Waals surface area contributed by atoms with Gasteiger partial charge < -0.3 is 19.1 Å². The number of pyridine rings is 2. The predicted molar refractivity (Wildman–Crippen MR) is 138 cm³/mol. The molecular formula is C28H36N4O5. The van der Waals surface area contributed by atoms with E-state index in [2.05, 4.69) is 19.5 Å². The summed E-state index contributed by atoms with van der Waals surface area (Å²) in [4.78, 5) is 36.2. The van der Waals surface area contributed by atoms with Gasteiger partial charge in [-0.3, -0.25) is 19.6 Å². The molecule has 2 unspecified atom stereocenters. The summed E-state index contributed by atoms with van der Waals surface area (Å²) in [6.45, 7) is 8.93. The van der Waals surface area contributed by atoms with E-state index in [1.807, 2.05) is 32.0 Å². The molecule has 0 radical (unpaired) electrons. The molecule has 0 aromatic carbocycles. The van der Waals surface area contributed by atoms with Crippen molar-refractivity contribution in [3.63, 3.8) is 0 Å². The SMILES string of the molecule is CCOC(=O)C(c1ccnc(C)c1)C(O)c1ncn2c1CCCC2.CCOC(=O)Cc1ccnc(C)c1. The molecule has 9 nitrogen and oxygen atoms in total. The summed E-state index contributed by atoms with van der Waals surface area (Å²) in [5.41, 5.74) is 4.97. The molecule has 1 aliphatic heterocycles. The molecular weight excluding hydrogens is 472 g/mol. The van der Waals surface area contributed by atoms with E-state index in [0.29, 0.717) is 24.3 Å². The number of fused-ring (bicyclic) bond motifs is 1. The van der Waals surface area contributed by atoms with Crippen molar-refractivity contribution < 1.29 is 24.2 Å². The van der Waals surface area contributed by atoms with Crippen molar-refractivity contribution in [2.45, 2.75) is 71.9 Å². The molecule has 37 heavy (non-hydrogen) atoms. The van der Waals surface area contributed by atoms with Crippen molar-refractivity contribution >= 4 is 11.9 Å². The van der Waals surface area contributed by atoms with Crippen molar-refractivity contribution in [1.29, 1.82) is 0 Å². The average Bonchev–Trinajstić information content (AvgIpc) is 3.29. The second-order valence-electron chi connectivity index (χ2n) is 8.92. The van der Waals surface area contributed by atoms with E-state index >= 15 is 0 Å². The molecule has 1 N–H and O–H groups in total. The van der Waals surface area contributed by atoms with Gasteiger partial charge in [0.15, 0.2) is 0 Å². The van der Waals surface area contributed by atoms with Crippen molar-refractivity contribution in [3.05, 3.63) is 76.9 Å². The number of aliphatic hydroxyl groups is 1. The molecule has 1 aliphatic rings. The number of ether oxygens (including phenoxy) is 2. The molecule has 4 rings (SSSR count). The molecule has 0 fully saturated rings. The smallest absolute Gasteiger partial charge is 0.316 e. The largest absolute Gasteiger partial charge is 0.466 e. The van der Waals surface area contributed by atoms with E-state index in [4.69, 9.17) is 9.47 Å². The monoisotopic (exact) mass is 508 g/mol. The summed E-state index contributed by atoms with van der Waals surface area (Å²) in [6.07, 6.45) is 7.46. The van der Waals surface area contributed by atoms with Crippen LogP contribution in [0.2, 0.25) is 0 Å². The summed E-state index contributed by atoms with van der Waals surface area (Å²) in [5, 5.41) is 11.0. The predicted octanol–water partition coefficient (Wildman–Crippen LogP) is 3.80. The number of aryl methyl sites for hydroxylation is 3. The molecule has 0 amide bonds. The Balaban J connectivity index is 0.000000248. The van der Waals surface area contributed by atoms with Gasteiger partial charge in [0.05, 0.1) is 31.7 Å². The third kappa shape index (κ3) is 7.69. The minimum atomic E-state index is -1.03. The highest BCUT2D eigenvalue weighted by Gasteiger charge is 2.35. The van der Waals surface area contributed by atoms with E-state index in [1.54, 1.807) is 38.6 Å². The number of imidazole rings is 1. The highest BCUT2D eigenvalue weighted by Crippen LogP contribution is 2.34. The zero-order valence-electron chi connectivity index (χ0n) is 22.0. The molecule has 0 saturated heterocycles. The number of aromatic nitrogens is 4. The first kappa shape index (κ1) is 28.0. The quantitative estimate of drug-likeness (QED) is 0.457. The van der Waals surface area contributed by atoms with Crippen LogP contribution in [0.25, 0.3) is 0 Å². The van der Waals surface area contributed by atoms with Crippen LogP contribution < -0.4 is 0 Å². The van der Waals surface area contributed by atoms with Gasteiger partial charge in [0.25, 0.3) is 0 Å². The van der Waals surface area contributed by atoms with E-state index < -0.39 is 18.0 Å². The number of hydrogen-bond donors (Lipinski definition) is 1. The average molecular weight is 509 g/mol. The molecule has 4 heterocycles. The Morgan fingerprint density at radius 1 is 1.00 bits per heavy atom. The topological polar surface area (TPSA) is 116 Å². The Labute approximate surface area is 217 Å². The lowest BCUT2D eigenvalue weighted by atomic mass is 9.90. The lowest BCUT2D eigenvalue weighted by Gasteiger charge is -2.23. The van der Waals surface area contributed by atoms with Crippen LogP contribution in [0.15, 0.2) is 43.0 Å². The van der Waals surface area contributed by atoms with Crippen LogP contribution in [0.5, 0.6) is 0 Å². The highest BCUT2D eigenvalue weighted by atomic mass is 16.5. The van der Waals surface area contributed by atoms with Gasteiger partial charge in [0, 0.05) is 36.0 Å². The summed E-state index contributed by atoms with van der Waals surface area (Å²) in [5.74, 6) is -1.42. The summed E-state index contributed by atoms with van der Waals surface area (Å²) in [7, 11) is 0. The molecule has 3 aromatic rings. The van der Waals surface area contributed by atoms with Crippen molar-refractivity contribution in [2.24, 2.45) is 0 Å². The van der Waals surface area contributed by atoms with Gasteiger partial charge >= 0.3 is 11.9 Å². The zero-order chi connectivity index (χ0) is 26.8. The van der Waals surface area contributed by atoms with E-state index in [-0.39, 0.29) is 12.6 Å². The molecule has 9 heteroatoms. The number of nitrogens with zero attached hydrogens (tertiary/aromatic N) is 4. The minimum Gasteiger partial charge on any atom is -0.466 e. The summed E-state index contributed by atoms with van der Waals surface area (Å²) >= 11 is 0. The maximum atomic E-state index is 12.5. The maximum absolute atomic E-state index is 12.5. The van der Waals surface area contributed by atoms with Gasteiger partial charge in [-0.25, -0.2) is 4.98 Å². The van der Waals surface area contributed by atoms with Crippen LogP contribution in [-0.2, 0) is 38.4 Å². The molecule has 0 saturated carbocycles. The number of hydrogen-bond acceptors (Lipinski definition) is 8. The number of aliphatic hydroxyl groups excluding tert-OH is 1. The fraction of sp³-hybridized carbons (Fsp3) is 0.464. The number of esters is 2. The van der Waals surface area contributed by atoms with Crippen LogP contribution in [-0.4, -0.2) is 49.8 Å². The van der Waals surface area contributed by atoms with Gasteiger partial charge in [0.1, 0.15) is 12.0 Å². The first-order valence-electron chi connectivity index (χ1n) is 12.7. The fourth-order valence-electron chi connectivity index (χ4n) is 4.40. The molecule has 2 atom stereocenters. The molecule has 0 aliphatic carbocycles. The highest BCUT2D eigenvalue weighted by molar-refractivity contribution is 5.79. The number of carbonyl (C=O) groups is 2. The second-order valence-corrected chi connectivity index (χ2v) is 8.92. The van der Waals surface area contributed by atoms with Crippen molar-refractivity contribution in [3.8, 4) is 0 Å². The van der Waals surface area contributed by atoms with E-state index in [1.165, 1.54) is 0 Å². The Morgan fingerprint density at radius 3 is 2.38 bits per heavy atom. The van der Waals surface area contributed by atoms with Gasteiger partial charge in [-0.2, -0.15) is 0 Å². The number of rotatable bonds is 8. The lowest BCUT2D eigenvalue weighted by molar-refractivity contribution is -0.148. The third-order valence-electron chi connectivity index (χ3n) is 6.07. The Kier molecular flexibility index (Phi) is 10.3. The zero-order valence-corrected chi connectivity index (χ0v) is 22.0. The standard InChI is InChI=1S/C18H23N3O3.C10H13NO2/c1-3-24-18(23)15(13-7-8-19-12(2)10-13)17(22)16-14-6-4-5-9-21(14)11-20-16;1-3-13-10(12)7-9-4-5-11-8(2)6-9/h7-8,10-11,15,17,22H,3-6,9H2,1-2H3;4-6H,3,7H2,1-2H3. The van der Waals surface area contributed by atoms with Crippen LogP contribution >= 0.6 is 0 Å². The Bertz CT molecular complexity index is 1190. The Morgan fingerprint density at radius 2 is 1.70 bits per heavy atom. The molecule has 0 spiro atoms. The molecule has 0 bridgehead atoms. The number of carbonyl (C=O) groups excluding carboxylic acids is 2. The van der Waals surface area contributed by atoms with Gasteiger partial charge in [0.2, 0.25) is 0 Å². The van der Waals surface area contributed by atoms with Crippen LogP contribution in [0, 0.1) is 13.8 Å². The second kappa shape index (κ2) is 13.6. The van der Waals surface area contributed by atoms with Crippen LogP contribution in [0.1, 0.15) is 72.6 Å². The minimum absolute atomic E-state index is 0.187. The van der Waals surface area contributed by atoms with Gasteiger partial charge in [-0.1, -0.05) is 0 Å². The van der Waals surface area contributed by atoms with Crippen LogP contribution in [0.4, 0.5) is 0 Å². The summed E-state index contributed by atoms with van der Waals surface area (Å²) in [6, 6.07) is 7.27. The normalized spacial score (nSPS) is 14.0. The first-order valence-corrected chi connectivity index (χ1v) is 12.7. The van der Waals surface area contributed by atoms with Crippen LogP contribution in [0.3, 0.4) is 0 Å². The molecule has 198 valence electrons. The van der Waals surface area contributed by atoms with E-state index in [0.717, 1.165) is 48.5 Å². The fourth-order valence-corrected chi connectivity index (χ4v) is 4.40. The third-order valence-corrected chi connectivity index (χ3v) is 6.07. The Hall–Kier alpha value is -3.59. The maximum Gasteiger partial charge on any atom is 0.316 e. The summed E-state index contributed by atoms with van der Waals surface area (Å²) < 4.78 is 12.1. The molecule has 3 aromatic heterocycles. The van der Waals surface area contributed by atoms with E-state index in [9.17, 15) is 14.7 Å². The first-order chi connectivity index (χ1) is 17.8. The van der Waals surface area contributed by atoms with Gasteiger partial charge in [-0.05, 0) is 82.3 Å².